The van der Waals surface area contributed by atoms with E-state index in [0.29, 0.717) is 6.61 Å². The van der Waals surface area contributed by atoms with Crippen molar-refractivity contribution in [2.24, 2.45) is 0 Å². The Morgan fingerprint density at radius 3 is 2.29 bits per heavy atom. The fourth-order valence-electron chi connectivity index (χ4n) is 2.45. The van der Waals surface area contributed by atoms with Gasteiger partial charge in [0.1, 0.15) is 12.4 Å². The number of hydrogen-bond acceptors (Lipinski definition) is 2. The number of nitrogens with one attached hydrogen (secondary N) is 1. The topological polar surface area (TPSA) is 21.3 Å². The minimum Gasteiger partial charge on any atom is -0.491 e. The first-order chi connectivity index (χ1) is 10.2. The van der Waals surface area contributed by atoms with Crippen LogP contribution in [0.4, 0.5) is 0 Å². The van der Waals surface area contributed by atoms with Gasteiger partial charge in [-0.25, -0.2) is 0 Å². The first-order valence-corrected chi connectivity index (χ1v) is 7.69. The Morgan fingerprint density at radius 2 is 1.62 bits per heavy atom. The van der Waals surface area contributed by atoms with Gasteiger partial charge in [-0.3, -0.25) is 0 Å². The van der Waals surface area contributed by atoms with Crippen molar-refractivity contribution in [3.8, 4) is 5.75 Å². The molecule has 0 amide bonds. The largest absolute Gasteiger partial charge is 0.491 e. The molecule has 112 valence electrons. The zero-order valence-electron chi connectivity index (χ0n) is 13.2. The summed E-state index contributed by atoms with van der Waals surface area (Å²) in [4.78, 5) is 0. The van der Waals surface area contributed by atoms with Gasteiger partial charge in [-0.15, -0.1) is 0 Å². The van der Waals surface area contributed by atoms with Gasteiger partial charge >= 0.3 is 0 Å². The Labute approximate surface area is 128 Å². The van der Waals surface area contributed by atoms with Crippen molar-refractivity contribution >= 4 is 0 Å². The first kappa shape index (κ1) is 15.6. The van der Waals surface area contributed by atoms with E-state index in [1.54, 1.807) is 0 Å². The summed E-state index contributed by atoms with van der Waals surface area (Å²) in [5.41, 5.74) is 3.80. The van der Waals surface area contributed by atoms with E-state index in [4.69, 9.17) is 4.74 Å². The monoisotopic (exact) mass is 283 g/mol. The summed E-state index contributed by atoms with van der Waals surface area (Å²) in [5.74, 6) is 0.967. The molecule has 2 rings (SSSR count). The number of hydrogen-bond donors (Lipinski definition) is 1. The predicted molar refractivity (Wildman–Crippen MR) is 88.9 cm³/mol. The van der Waals surface area contributed by atoms with Gasteiger partial charge in [-0.2, -0.15) is 0 Å². The second-order valence-electron chi connectivity index (χ2n) is 5.44. The average molecular weight is 283 g/mol. The summed E-state index contributed by atoms with van der Waals surface area (Å²) in [6, 6.07) is 16.9. The lowest BCUT2D eigenvalue weighted by molar-refractivity contribution is 0.264. The minimum atomic E-state index is 0.228. The highest BCUT2D eigenvalue weighted by atomic mass is 16.5. The molecule has 0 fully saturated rings. The van der Waals surface area contributed by atoms with E-state index >= 15 is 0 Å². The SMILES string of the molecule is CCCNC(COc1ccccc1C)c1ccccc1C. The number of para-hydroxylation sites is 1. The van der Waals surface area contributed by atoms with Crippen LogP contribution in [-0.4, -0.2) is 13.2 Å². The van der Waals surface area contributed by atoms with E-state index in [-0.39, 0.29) is 6.04 Å². The van der Waals surface area contributed by atoms with Crippen molar-refractivity contribution in [3.05, 3.63) is 65.2 Å². The van der Waals surface area contributed by atoms with Gasteiger partial charge in [-0.05, 0) is 49.6 Å². The van der Waals surface area contributed by atoms with Crippen LogP contribution in [0, 0.1) is 13.8 Å². The molecule has 0 spiro atoms. The van der Waals surface area contributed by atoms with Crippen LogP contribution < -0.4 is 10.1 Å². The fraction of sp³-hybridized carbons (Fsp3) is 0.368. The third-order valence-electron chi connectivity index (χ3n) is 3.70. The van der Waals surface area contributed by atoms with Crippen LogP contribution in [0.5, 0.6) is 5.75 Å². The molecule has 21 heavy (non-hydrogen) atoms. The lowest BCUT2D eigenvalue weighted by Crippen LogP contribution is -2.28. The number of benzene rings is 2. The number of ether oxygens (including phenoxy) is 1. The average Bonchev–Trinajstić information content (AvgIpc) is 2.50. The van der Waals surface area contributed by atoms with E-state index in [1.807, 2.05) is 18.2 Å². The molecule has 1 atom stereocenters. The lowest BCUT2D eigenvalue weighted by atomic mass is 10.0. The smallest absolute Gasteiger partial charge is 0.122 e. The molecule has 0 aromatic heterocycles. The minimum absolute atomic E-state index is 0.228. The first-order valence-electron chi connectivity index (χ1n) is 7.69. The Kier molecular flexibility index (Phi) is 5.82. The van der Waals surface area contributed by atoms with Crippen LogP contribution in [0.25, 0.3) is 0 Å². The quantitative estimate of drug-likeness (QED) is 0.812. The van der Waals surface area contributed by atoms with Crippen LogP contribution in [0.2, 0.25) is 0 Å². The van der Waals surface area contributed by atoms with Crippen LogP contribution >= 0.6 is 0 Å². The van der Waals surface area contributed by atoms with Gasteiger partial charge in [0.25, 0.3) is 0 Å². The van der Waals surface area contributed by atoms with Gasteiger partial charge in [0.2, 0.25) is 0 Å². The highest BCUT2D eigenvalue weighted by Gasteiger charge is 2.14. The molecule has 0 aliphatic rings. The van der Waals surface area contributed by atoms with Gasteiger partial charge in [-0.1, -0.05) is 49.4 Å². The highest BCUT2D eigenvalue weighted by molar-refractivity contribution is 5.33. The summed E-state index contributed by atoms with van der Waals surface area (Å²) >= 11 is 0. The summed E-state index contributed by atoms with van der Waals surface area (Å²) in [6.07, 6.45) is 1.12. The van der Waals surface area contributed by atoms with Crippen molar-refractivity contribution in [2.75, 3.05) is 13.2 Å². The molecule has 1 unspecified atom stereocenters. The Morgan fingerprint density at radius 1 is 0.952 bits per heavy atom. The van der Waals surface area contributed by atoms with Gasteiger partial charge in [0, 0.05) is 0 Å². The second-order valence-corrected chi connectivity index (χ2v) is 5.44. The van der Waals surface area contributed by atoms with Crippen LogP contribution in [-0.2, 0) is 0 Å². The molecule has 2 nitrogen and oxygen atoms in total. The molecule has 0 heterocycles. The lowest BCUT2D eigenvalue weighted by Gasteiger charge is -2.22. The summed E-state index contributed by atoms with van der Waals surface area (Å²) in [5, 5.41) is 3.59. The Bertz CT molecular complexity index is 565. The number of aryl methyl sites for hydroxylation is 2. The molecular formula is C19H25NO. The van der Waals surface area contributed by atoms with Gasteiger partial charge in [0.15, 0.2) is 0 Å². The summed E-state index contributed by atoms with van der Waals surface area (Å²) < 4.78 is 6.04. The second kappa shape index (κ2) is 7.84. The van der Waals surface area contributed by atoms with E-state index in [1.165, 1.54) is 16.7 Å². The fourth-order valence-corrected chi connectivity index (χ4v) is 2.45. The van der Waals surface area contributed by atoms with Crippen LogP contribution in [0.15, 0.2) is 48.5 Å². The zero-order valence-corrected chi connectivity index (χ0v) is 13.2. The van der Waals surface area contributed by atoms with Crippen molar-refractivity contribution in [1.29, 1.82) is 0 Å². The molecule has 0 aliphatic heterocycles. The maximum Gasteiger partial charge on any atom is 0.122 e. The Hall–Kier alpha value is -1.80. The van der Waals surface area contributed by atoms with E-state index < -0.39 is 0 Å². The maximum absolute atomic E-state index is 6.04. The van der Waals surface area contributed by atoms with E-state index in [2.05, 4.69) is 56.4 Å². The molecule has 0 saturated heterocycles. The summed E-state index contributed by atoms with van der Waals surface area (Å²) in [7, 11) is 0. The van der Waals surface area contributed by atoms with Crippen LogP contribution in [0.3, 0.4) is 0 Å². The maximum atomic E-state index is 6.04. The van der Waals surface area contributed by atoms with E-state index in [0.717, 1.165) is 18.7 Å². The third kappa shape index (κ3) is 4.33. The van der Waals surface area contributed by atoms with Crippen molar-refractivity contribution < 1.29 is 4.74 Å². The molecule has 0 radical (unpaired) electrons. The highest BCUT2D eigenvalue weighted by Crippen LogP contribution is 2.21. The standard InChI is InChI=1S/C19H25NO/c1-4-13-20-18(17-11-7-5-9-15(17)2)14-21-19-12-8-6-10-16(19)3/h5-12,18,20H,4,13-14H2,1-3H3. The van der Waals surface area contributed by atoms with Gasteiger partial charge < -0.3 is 10.1 Å². The predicted octanol–water partition coefficient (Wildman–Crippen LogP) is 4.42. The molecule has 1 N–H and O–H groups in total. The molecular weight excluding hydrogens is 258 g/mol. The van der Waals surface area contributed by atoms with Gasteiger partial charge in [0.05, 0.1) is 6.04 Å². The van der Waals surface area contributed by atoms with Crippen molar-refractivity contribution in [1.82, 2.24) is 5.32 Å². The normalized spacial score (nSPS) is 12.1. The molecule has 2 aromatic carbocycles. The third-order valence-corrected chi connectivity index (χ3v) is 3.70. The molecule has 0 aliphatic carbocycles. The Balaban J connectivity index is 2.10. The summed E-state index contributed by atoms with van der Waals surface area (Å²) in [6.45, 7) is 8.07. The molecule has 2 heteroatoms. The van der Waals surface area contributed by atoms with Crippen molar-refractivity contribution in [3.63, 3.8) is 0 Å². The van der Waals surface area contributed by atoms with E-state index in [9.17, 15) is 0 Å². The molecule has 0 bridgehead atoms. The number of rotatable bonds is 7. The zero-order chi connectivity index (χ0) is 15.1. The van der Waals surface area contributed by atoms with Crippen molar-refractivity contribution in [2.45, 2.75) is 33.2 Å². The molecule has 0 saturated carbocycles. The van der Waals surface area contributed by atoms with Crippen LogP contribution in [0.1, 0.15) is 36.1 Å². The molecule has 2 aromatic rings.